The van der Waals surface area contributed by atoms with Crippen molar-refractivity contribution in [3.8, 4) is 0 Å². The Balaban J connectivity index is 1.75. The summed E-state index contributed by atoms with van der Waals surface area (Å²) in [6, 6.07) is 14.8. The van der Waals surface area contributed by atoms with E-state index in [1.54, 1.807) is 12.3 Å². The average molecular weight is 368 g/mol. The van der Waals surface area contributed by atoms with Crippen LogP contribution in [0.2, 0.25) is 5.02 Å². The van der Waals surface area contributed by atoms with Crippen molar-refractivity contribution in [3.63, 3.8) is 0 Å². The molecule has 132 valence electrons. The smallest absolute Gasteiger partial charge is 0.229 e. The highest BCUT2D eigenvalue weighted by atomic mass is 35.5. The molecule has 0 bridgehead atoms. The fourth-order valence-corrected chi connectivity index (χ4v) is 2.49. The van der Waals surface area contributed by atoms with E-state index < -0.39 is 0 Å². The van der Waals surface area contributed by atoms with Gasteiger partial charge in [-0.15, -0.1) is 0 Å². The lowest BCUT2D eigenvalue weighted by Gasteiger charge is -2.10. The topological polar surface area (TPSA) is 78.9 Å². The van der Waals surface area contributed by atoms with Crippen molar-refractivity contribution < 1.29 is 4.79 Å². The number of aromatic nitrogens is 2. The SMILES string of the molecule is CC(=O)Nc1cccc(Nc2nccc(Nc3ccc(C)c(Cl)c3)n2)c1. The Hall–Kier alpha value is -3.12. The van der Waals surface area contributed by atoms with Crippen LogP contribution >= 0.6 is 11.6 Å². The first-order valence-electron chi connectivity index (χ1n) is 8.00. The Bertz CT molecular complexity index is 945. The lowest BCUT2D eigenvalue weighted by Crippen LogP contribution is -2.06. The normalized spacial score (nSPS) is 10.3. The van der Waals surface area contributed by atoms with Gasteiger partial charge in [0.1, 0.15) is 5.82 Å². The van der Waals surface area contributed by atoms with Crippen LogP contribution in [0.5, 0.6) is 0 Å². The zero-order valence-corrected chi connectivity index (χ0v) is 15.1. The summed E-state index contributed by atoms with van der Waals surface area (Å²) in [6.45, 7) is 3.42. The summed E-state index contributed by atoms with van der Waals surface area (Å²) in [5.41, 5.74) is 3.33. The van der Waals surface area contributed by atoms with Crippen LogP contribution in [0.15, 0.2) is 54.7 Å². The van der Waals surface area contributed by atoms with E-state index in [9.17, 15) is 4.79 Å². The van der Waals surface area contributed by atoms with E-state index in [0.717, 1.165) is 16.9 Å². The molecule has 0 aliphatic rings. The van der Waals surface area contributed by atoms with Gasteiger partial charge in [-0.1, -0.05) is 23.7 Å². The minimum Gasteiger partial charge on any atom is -0.340 e. The Labute approximate surface area is 156 Å². The third-order valence-corrected chi connectivity index (χ3v) is 3.95. The number of hydrogen-bond donors (Lipinski definition) is 3. The fourth-order valence-electron chi connectivity index (χ4n) is 2.31. The summed E-state index contributed by atoms with van der Waals surface area (Å²) in [6.07, 6.45) is 1.66. The zero-order chi connectivity index (χ0) is 18.5. The highest BCUT2D eigenvalue weighted by molar-refractivity contribution is 6.31. The van der Waals surface area contributed by atoms with Crippen LogP contribution in [0, 0.1) is 6.92 Å². The Kier molecular flexibility index (Phi) is 5.34. The van der Waals surface area contributed by atoms with Crippen molar-refractivity contribution in [2.24, 2.45) is 0 Å². The molecule has 3 aromatic rings. The van der Waals surface area contributed by atoms with E-state index in [2.05, 4.69) is 25.9 Å². The summed E-state index contributed by atoms with van der Waals surface area (Å²) in [4.78, 5) is 19.8. The lowest BCUT2D eigenvalue weighted by atomic mass is 10.2. The van der Waals surface area contributed by atoms with Crippen molar-refractivity contribution in [1.29, 1.82) is 0 Å². The first-order chi connectivity index (χ1) is 12.5. The number of nitrogens with one attached hydrogen (secondary N) is 3. The zero-order valence-electron chi connectivity index (χ0n) is 14.4. The van der Waals surface area contributed by atoms with Gasteiger partial charge >= 0.3 is 0 Å². The van der Waals surface area contributed by atoms with Crippen molar-refractivity contribution in [2.75, 3.05) is 16.0 Å². The van der Waals surface area contributed by atoms with Crippen LogP contribution in [-0.2, 0) is 4.79 Å². The van der Waals surface area contributed by atoms with Gasteiger partial charge in [0.25, 0.3) is 0 Å². The van der Waals surface area contributed by atoms with Gasteiger partial charge in [-0.05, 0) is 48.9 Å². The maximum atomic E-state index is 11.2. The summed E-state index contributed by atoms with van der Waals surface area (Å²) in [5.74, 6) is 0.954. The molecule has 0 aliphatic heterocycles. The second kappa shape index (κ2) is 7.84. The van der Waals surface area contributed by atoms with E-state index in [1.165, 1.54) is 6.92 Å². The first kappa shape index (κ1) is 17.7. The predicted octanol–water partition coefficient (Wildman–Crippen LogP) is 4.88. The quantitative estimate of drug-likeness (QED) is 0.598. The molecule has 7 heteroatoms. The van der Waals surface area contributed by atoms with E-state index in [4.69, 9.17) is 11.6 Å². The van der Waals surface area contributed by atoms with Crippen molar-refractivity contribution >= 4 is 46.3 Å². The molecule has 3 N–H and O–H groups in total. The van der Waals surface area contributed by atoms with Gasteiger partial charge in [-0.2, -0.15) is 4.98 Å². The number of hydrogen-bond acceptors (Lipinski definition) is 5. The number of nitrogens with zero attached hydrogens (tertiary/aromatic N) is 2. The molecular weight excluding hydrogens is 350 g/mol. The third-order valence-electron chi connectivity index (χ3n) is 3.54. The number of halogens is 1. The molecule has 6 nitrogen and oxygen atoms in total. The van der Waals surface area contributed by atoms with Gasteiger partial charge in [0, 0.05) is 35.2 Å². The Morgan fingerprint density at radius 2 is 1.77 bits per heavy atom. The Morgan fingerprint density at radius 3 is 2.54 bits per heavy atom. The van der Waals surface area contributed by atoms with Gasteiger partial charge in [0.15, 0.2) is 0 Å². The summed E-state index contributed by atoms with van der Waals surface area (Å²) < 4.78 is 0. The van der Waals surface area contributed by atoms with E-state index in [0.29, 0.717) is 22.5 Å². The van der Waals surface area contributed by atoms with E-state index in [-0.39, 0.29) is 5.91 Å². The van der Waals surface area contributed by atoms with Crippen molar-refractivity contribution in [1.82, 2.24) is 9.97 Å². The number of aryl methyl sites for hydroxylation is 1. The standard InChI is InChI=1S/C19H18ClN5O/c1-12-6-7-16(11-17(12)20)23-18-8-9-21-19(25-18)24-15-5-3-4-14(10-15)22-13(2)26/h3-11H,1-2H3,(H,22,26)(H2,21,23,24,25). The average Bonchev–Trinajstić information content (AvgIpc) is 2.58. The maximum absolute atomic E-state index is 11.2. The summed E-state index contributed by atoms with van der Waals surface area (Å²) in [7, 11) is 0. The van der Waals surface area contributed by atoms with Crippen LogP contribution in [0.4, 0.5) is 28.8 Å². The molecule has 1 heterocycles. The molecule has 26 heavy (non-hydrogen) atoms. The van der Waals surface area contributed by atoms with Gasteiger partial charge in [-0.3, -0.25) is 4.79 Å². The minimum absolute atomic E-state index is 0.124. The van der Waals surface area contributed by atoms with Crippen molar-refractivity contribution in [2.45, 2.75) is 13.8 Å². The van der Waals surface area contributed by atoms with Gasteiger partial charge in [0.2, 0.25) is 11.9 Å². The van der Waals surface area contributed by atoms with Crippen LogP contribution in [0.1, 0.15) is 12.5 Å². The lowest BCUT2D eigenvalue weighted by molar-refractivity contribution is -0.114. The highest BCUT2D eigenvalue weighted by Crippen LogP contribution is 2.23. The molecule has 3 rings (SSSR count). The molecule has 0 fully saturated rings. The number of anilines is 5. The second-order valence-corrected chi connectivity index (χ2v) is 6.15. The largest absolute Gasteiger partial charge is 0.340 e. The van der Waals surface area contributed by atoms with E-state index in [1.807, 2.05) is 49.4 Å². The molecule has 0 saturated heterocycles. The second-order valence-electron chi connectivity index (χ2n) is 5.74. The summed E-state index contributed by atoms with van der Waals surface area (Å²) in [5, 5.41) is 9.76. The molecule has 1 aromatic heterocycles. The Morgan fingerprint density at radius 1 is 1.00 bits per heavy atom. The monoisotopic (exact) mass is 367 g/mol. The van der Waals surface area contributed by atoms with Gasteiger partial charge in [0.05, 0.1) is 0 Å². The van der Waals surface area contributed by atoms with Crippen molar-refractivity contribution in [3.05, 3.63) is 65.3 Å². The number of benzene rings is 2. The molecular formula is C19H18ClN5O. The highest BCUT2D eigenvalue weighted by Gasteiger charge is 2.04. The van der Waals surface area contributed by atoms with Crippen LogP contribution in [0.3, 0.4) is 0 Å². The molecule has 0 saturated carbocycles. The molecule has 0 aliphatic carbocycles. The van der Waals surface area contributed by atoms with Gasteiger partial charge < -0.3 is 16.0 Å². The number of carbonyl (C=O) groups is 1. The van der Waals surface area contributed by atoms with Gasteiger partial charge in [-0.25, -0.2) is 4.98 Å². The predicted molar refractivity (Wildman–Crippen MR) is 106 cm³/mol. The molecule has 1 amide bonds. The van der Waals surface area contributed by atoms with E-state index >= 15 is 0 Å². The summed E-state index contributed by atoms with van der Waals surface area (Å²) >= 11 is 6.15. The molecule has 0 atom stereocenters. The number of rotatable bonds is 5. The van der Waals surface area contributed by atoms with Crippen LogP contribution < -0.4 is 16.0 Å². The van der Waals surface area contributed by atoms with Crippen LogP contribution in [-0.4, -0.2) is 15.9 Å². The molecule has 0 spiro atoms. The maximum Gasteiger partial charge on any atom is 0.229 e. The fraction of sp³-hybridized carbons (Fsp3) is 0.105. The first-order valence-corrected chi connectivity index (χ1v) is 8.38. The van der Waals surface area contributed by atoms with Crippen LogP contribution in [0.25, 0.3) is 0 Å². The number of carbonyl (C=O) groups excluding carboxylic acids is 1. The molecule has 2 aromatic carbocycles. The number of amides is 1. The molecule has 0 unspecified atom stereocenters. The minimum atomic E-state index is -0.124. The molecule has 0 radical (unpaired) electrons. The third kappa shape index (κ3) is 4.70.